The van der Waals surface area contributed by atoms with Gasteiger partial charge >= 0.3 is 0 Å². The van der Waals surface area contributed by atoms with Crippen molar-refractivity contribution in [3.8, 4) is 0 Å². The van der Waals surface area contributed by atoms with Gasteiger partial charge in [0.15, 0.2) is 0 Å². The van der Waals surface area contributed by atoms with Crippen molar-refractivity contribution in [1.82, 2.24) is 9.97 Å². The molecule has 1 aliphatic rings. The topological polar surface area (TPSA) is 28.7 Å². The Morgan fingerprint density at radius 2 is 2.25 bits per heavy atom. The van der Waals surface area contributed by atoms with Gasteiger partial charge in [0, 0.05) is 11.6 Å². The molecular formula is C14H24N2. The summed E-state index contributed by atoms with van der Waals surface area (Å²) < 4.78 is 0. The minimum atomic E-state index is 0.593. The fraction of sp³-hybridized carbons (Fsp3) is 0.786. The van der Waals surface area contributed by atoms with E-state index in [0.717, 1.165) is 5.92 Å². The quantitative estimate of drug-likeness (QED) is 0.820. The Balaban J connectivity index is 2.11. The van der Waals surface area contributed by atoms with Crippen molar-refractivity contribution in [2.45, 2.75) is 65.2 Å². The number of H-pyrrole nitrogens is 1. The average Bonchev–Trinajstić information content (AvgIpc) is 2.71. The molecule has 0 bridgehead atoms. The Labute approximate surface area is 98.9 Å². The summed E-state index contributed by atoms with van der Waals surface area (Å²) in [5.41, 5.74) is 2.78. The van der Waals surface area contributed by atoms with E-state index in [1.54, 1.807) is 0 Å². The van der Waals surface area contributed by atoms with Crippen LogP contribution in [0, 0.1) is 5.92 Å². The molecule has 0 fully saturated rings. The molecule has 2 atom stereocenters. The minimum absolute atomic E-state index is 0.593. The van der Waals surface area contributed by atoms with Gasteiger partial charge in [0.1, 0.15) is 5.82 Å². The zero-order chi connectivity index (χ0) is 11.5. The van der Waals surface area contributed by atoms with Crippen LogP contribution in [0.15, 0.2) is 0 Å². The third-order valence-corrected chi connectivity index (χ3v) is 3.93. The van der Waals surface area contributed by atoms with Gasteiger partial charge in [-0.05, 0) is 31.6 Å². The van der Waals surface area contributed by atoms with Crippen molar-refractivity contribution in [3.05, 3.63) is 17.2 Å². The van der Waals surface area contributed by atoms with Crippen LogP contribution in [0.3, 0.4) is 0 Å². The Morgan fingerprint density at radius 1 is 1.44 bits per heavy atom. The van der Waals surface area contributed by atoms with Gasteiger partial charge in [-0.1, -0.05) is 33.6 Å². The van der Waals surface area contributed by atoms with Gasteiger partial charge in [0.05, 0.1) is 5.69 Å². The number of aromatic nitrogens is 2. The van der Waals surface area contributed by atoms with E-state index in [4.69, 9.17) is 4.98 Å². The lowest BCUT2D eigenvalue weighted by Gasteiger charge is -2.19. The van der Waals surface area contributed by atoms with E-state index in [9.17, 15) is 0 Å². The van der Waals surface area contributed by atoms with Gasteiger partial charge in [-0.25, -0.2) is 4.98 Å². The van der Waals surface area contributed by atoms with E-state index in [2.05, 4.69) is 25.8 Å². The van der Waals surface area contributed by atoms with Crippen LogP contribution >= 0.6 is 0 Å². The van der Waals surface area contributed by atoms with E-state index >= 15 is 0 Å². The van der Waals surface area contributed by atoms with Crippen LogP contribution in [0.1, 0.15) is 69.6 Å². The molecule has 0 spiro atoms. The minimum Gasteiger partial charge on any atom is -0.345 e. The normalized spacial score (nSPS) is 21.8. The summed E-state index contributed by atoms with van der Waals surface area (Å²) in [6, 6.07) is 0. The molecule has 2 unspecified atom stereocenters. The standard InChI is InChI=1S/C14H24N2/c1-4-6-10(3)14-15-12-8-7-11(5-2)9-13(12)16-14/h10-11H,4-9H2,1-3H3,(H,15,16). The van der Waals surface area contributed by atoms with Crippen LogP contribution in [-0.2, 0) is 12.8 Å². The van der Waals surface area contributed by atoms with Crippen LogP contribution in [0.2, 0.25) is 0 Å². The lowest BCUT2D eigenvalue weighted by Crippen LogP contribution is -2.12. The molecule has 1 aliphatic carbocycles. The lowest BCUT2D eigenvalue weighted by atomic mass is 9.88. The van der Waals surface area contributed by atoms with Gasteiger partial charge in [0.25, 0.3) is 0 Å². The number of nitrogens with zero attached hydrogens (tertiary/aromatic N) is 1. The van der Waals surface area contributed by atoms with Crippen LogP contribution in [0.5, 0.6) is 0 Å². The summed E-state index contributed by atoms with van der Waals surface area (Å²) in [6.45, 7) is 6.82. The van der Waals surface area contributed by atoms with Gasteiger partial charge in [-0.2, -0.15) is 0 Å². The third kappa shape index (κ3) is 2.31. The average molecular weight is 220 g/mol. The van der Waals surface area contributed by atoms with E-state index < -0.39 is 0 Å². The largest absolute Gasteiger partial charge is 0.345 e. The van der Waals surface area contributed by atoms with E-state index in [-0.39, 0.29) is 0 Å². The maximum absolute atomic E-state index is 4.78. The predicted octanol–water partition coefficient (Wildman–Crippen LogP) is 3.83. The molecule has 0 amide bonds. The fourth-order valence-corrected chi connectivity index (χ4v) is 2.73. The van der Waals surface area contributed by atoms with Crippen LogP contribution < -0.4 is 0 Å². The summed E-state index contributed by atoms with van der Waals surface area (Å²) in [7, 11) is 0. The van der Waals surface area contributed by atoms with Crippen molar-refractivity contribution in [2.24, 2.45) is 5.92 Å². The number of aromatic amines is 1. The summed E-state index contributed by atoms with van der Waals surface area (Å²) in [5.74, 6) is 2.70. The van der Waals surface area contributed by atoms with Gasteiger partial charge in [-0.3, -0.25) is 0 Å². The first kappa shape index (κ1) is 11.7. The molecule has 2 rings (SSSR count). The van der Waals surface area contributed by atoms with Crippen LogP contribution in [0.25, 0.3) is 0 Å². The molecule has 2 heteroatoms. The highest BCUT2D eigenvalue weighted by atomic mass is 14.9. The molecule has 90 valence electrons. The number of nitrogens with one attached hydrogen (secondary N) is 1. The fourth-order valence-electron chi connectivity index (χ4n) is 2.73. The first-order chi connectivity index (χ1) is 7.74. The van der Waals surface area contributed by atoms with Gasteiger partial charge in [0.2, 0.25) is 0 Å². The molecule has 1 aromatic heterocycles. The molecular weight excluding hydrogens is 196 g/mol. The summed E-state index contributed by atoms with van der Waals surface area (Å²) in [6.07, 6.45) is 7.52. The second-order valence-electron chi connectivity index (χ2n) is 5.25. The van der Waals surface area contributed by atoms with Crippen molar-refractivity contribution in [3.63, 3.8) is 0 Å². The van der Waals surface area contributed by atoms with Crippen molar-refractivity contribution in [1.29, 1.82) is 0 Å². The monoisotopic (exact) mass is 220 g/mol. The highest BCUT2D eigenvalue weighted by Crippen LogP contribution is 2.28. The Kier molecular flexibility index (Phi) is 3.67. The maximum Gasteiger partial charge on any atom is 0.109 e. The molecule has 0 aromatic carbocycles. The molecule has 1 N–H and O–H groups in total. The van der Waals surface area contributed by atoms with Crippen LogP contribution in [0.4, 0.5) is 0 Å². The lowest BCUT2D eigenvalue weighted by molar-refractivity contribution is 0.438. The molecule has 0 saturated carbocycles. The highest BCUT2D eigenvalue weighted by molar-refractivity contribution is 5.20. The molecule has 1 aromatic rings. The predicted molar refractivity (Wildman–Crippen MR) is 67.7 cm³/mol. The Morgan fingerprint density at radius 3 is 2.94 bits per heavy atom. The zero-order valence-electron chi connectivity index (χ0n) is 10.8. The smallest absolute Gasteiger partial charge is 0.109 e. The van der Waals surface area contributed by atoms with Crippen molar-refractivity contribution in [2.75, 3.05) is 0 Å². The van der Waals surface area contributed by atoms with Crippen molar-refractivity contribution >= 4 is 0 Å². The number of hydrogen-bond acceptors (Lipinski definition) is 1. The number of fused-ring (bicyclic) bond motifs is 1. The molecule has 16 heavy (non-hydrogen) atoms. The third-order valence-electron chi connectivity index (χ3n) is 3.93. The maximum atomic E-state index is 4.78. The molecule has 1 heterocycles. The summed E-state index contributed by atoms with van der Waals surface area (Å²) in [4.78, 5) is 8.35. The summed E-state index contributed by atoms with van der Waals surface area (Å²) in [5, 5.41) is 0. The van der Waals surface area contributed by atoms with E-state index in [1.165, 1.54) is 55.7 Å². The van der Waals surface area contributed by atoms with Crippen molar-refractivity contribution < 1.29 is 0 Å². The number of aryl methyl sites for hydroxylation is 1. The molecule has 0 radical (unpaired) electrons. The number of imidazole rings is 1. The second-order valence-corrected chi connectivity index (χ2v) is 5.25. The molecule has 0 saturated heterocycles. The molecule has 2 nitrogen and oxygen atoms in total. The first-order valence-electron chi connectivity index (χ1n) is 6.82. The van der Waals surface area contributed by atoms with Gasteiger partial charge in [-0.15, -0.1) is 0 Å². The van der Waals surface area contributed by atoms with Gasteiger partial charge < -0.3 is 4.98 Å². The SMILES string of the molecule is CCCC(C)c1nc2c([nH]1)CC(CC)CC2. The highest BCUT2D eigenvalue weighted by Gasteiger charge is 2.22. The Hall–Kier alpha value is -0.790. The van der Waals surface area contributed by atoms with E-state index in [1.807, 2.05) is 0 Å². The van der Waals surface area contributed by atoms with Crippen LogP contribution in [-0.4, -0.2) is 9.97 Å². The number of hydrogen-bond donors (Lipinski definition) is 1. The zero-order valence-corrected chi connectivity index (χ0v) is 10.8. The second kappa shape index (κ2) is 5.03. The van der Waals surface area contributed by atoms with E-state index in [0.29, 0.717) is 5.92 Å². The Bertz CT molecular complexity index is 341. The summed E-state index contributed by atoms with van der Waals surface area (Å²) >= 11 is 0. The first-order valence-corrected chi connectivity index (χ1v) is 6.82. The number of rotatable bonds is 4. The molecule has 0 aliphatic heterocycles.